The summed E-state index contributed by atoms with van der Waals surface area (Å²) >= 11 is 0. The lowest BCUT2D eigenvalue weighted by Gasteiger charge is -2.26. The zero-order valence-electron chi connectivity index (χ0n) is 13.5. The third-order valence-corrected chi connectivity index (χ3v) is 4.05. The van der Waals surface area contributed by atoms with Crippen LogP contribution >= 0.6 is 13.5 Å². The van der Waals surface area contributed by atoms with Gasteiger partial charge in [-0.15, -0.1) is 0 Å². The summed E-state index contributed by atoms with van der Waals surface area (Å²) in [5, 5.41) is 14.9. The van der Waals surface area contributed by atoms with Crippen molar-refractivity contribution in [3.63, 3.8) is 0 Å². The maximum atomic E-state index is 10.7. The summed E-state index contributed by atoms with van der Waals surface area (Å²) in [5.41, 5.74) is 2.59. The molecule has 0 saturated heterocycles. The molecule has 25 heavy (non-hydrogen) atoms. The SMILES string of the molecule is C.S.[C-]#[N+]c1cccc([C@@H]([C@H](O)CNC)n2ccc3ccccc32)c1. The van der Waals surface area contributed by atoms with Gasteiger partial charge in [-0.1, -0.05) is 49.9 Å². The van der Waals surface area contributed by atoms with Crippen LogP contribution in [0.4, 0.5) is 5.69 Å². The van der Waals surface area contributed by atoms with E-state index in [0.29, 0.717) is 12.2 Å². The Morgan fingerprint density at radius 3 is 2.64 bits per heavy atom. The molecule has 1 heterocycles. The number of nitrogens with zero attached hydrogens (tertiary/aromatic N) is 2. The molecule has 0 spiro atoms. The maximum absolute atomic E-state index is 10.7. The molecule has 0 aliphatic heterocycles. The zero-order chi connectivity index (χ0) is 16.2. The van der Waals surface area contributed by atoms with Gasteiger partial charge >= 0.3 is 0 Å². The molecule has 0 amide bonds. The van der Waals surface area contributed by atoms with E-state index in [9.17, 15) is 5.11 Å². The molecule has 4 nitrogen and oxygen atoms in total. The molecule has 0 saturated carbocycles. The van der Waals surface area contributed by atoms with Gasteiger partial charge < -0.3 is 15.0 Å². The molecule has 1 aromatic heterocycles. The summed E-state index contributed by atoms with van der Waals surface area (Å²) in [7, 11) is 1.82. The van der Waals surface area contributed by atoms with Gasteiger partial charge in [-0.25, -0.2) is 4.85 Å². The Hall–Kier alpha value is -2.26. The van der Waals surface area contributed by atoms with E-state index in [-0.39, 0.29) is 27.0 Å². The number of fused-ring (bicyclic) bond motifs is 1. The number of para-hydroxylation sites is 1. The summed E-state index contributed by atoms with van der Waals surface area (Å²) in [5.74, 6) is 0. The highest BCUT2D eigenvalue weighted by Gasteiger charge is 2.23. The van der Waals surface area contributed by atoms with Gasteiger partial charge in [0.2, 0.25) is 0 Å². The quantitative estimate of drug-likeness (QED) is 0.676. The average molecular weight is 356 g/mol. The third kappa shape index (κ3) is 4.23. The highest BCUT2D eigenvalue weighted by atomic mass is 32.1. The molecular weight excluding hydrogens is 330 g/mol. The monoisotopic (exact) mass is 355 g/mol. The van der Waals surface area contributed by atoms with Gasteiger partial charge in [0.15, 0.2) is 5.69 Å². The Morgan fingerprint density at radius 1 is 1.16 bits per heavy atom. The van der Waals surface area contributed by atoms with Crippen LogP contribution in [0.2, 0.25) is 0 Å². The van der Waals surface area contributed by atoms with E-state index in [2.05, 4.69) is 20.8 Å². The van der Waals surface area contributed by atoms with E-state index in [1.807, 2.05) is 55.7 Å². The first-order chi connectivity index (χ1) is 11.2. The number of aliphatic hydroxyl groups is 1. The number of rotatable bonds is 5. The molecular formula is C20H25N3OS. The number of nitrogens with one attached hydrogen (secondary N) is 1. The van der Waals surface area contributed by atoms with Crippen LogP contribution in [0.5, 0.6) is 0 Å². The normalized spacial score (nSPS) is 12.5. The molecule has 5 heteroatoms. The minimum Gasteiger partial charge on any atom is -0.389 e. The van der Waals surface area contributed by atoms with Crippen molar-refractivity contribution < 1.29 is 5.11 Å². The summed E-state index contributed by atoms with van der Waals surface area (Å²) in [6, 6.07) is 17.4. The molecule has 0 unspecified atom stereocenters. The van der Waals surface area contributed by atoms with Crippen LogP contribution < -0.4 is 5.32 Å². The molecule has 0 aliphatic rings. The van der Waals surface area contributed by atoms with Gasteiger partial charge in [0, 0.05) is 18.3 Å². The van der Waals surface area contributed by atoms with Crippen molar-refractivity contribution in [2.45, 2.75) is 19.6 Å². The summed E-state index contributed by atoms with van der Waals surface area (Å²) in [4.78, 5) is 3.51. The van der Waals surface area contributed by atoms with E-state index >= 15 is 0 Å². The number of aliphatic hydroxyl groups excluding tert-OH is 1. The Bertz CT molecular complexity index is 853. The van der Waals surface area contributed by atoms with Crippen LogP contribution in [0, 0.1) is 6.57 Å². The van der Waals surface area contributed by atoms with Crippen molar-refractivity contribution in [1.29, 1.82) is 0 Å². The second kappa shape index (κ2) is 9.28. The van der Waals surface area contributed by atoms with E-state index in [1.165, 1.54) is 0 Å². The van der Waals surface area contributed by atoms with Crippen molar-refractivity contribution >= 4 is 30.1 Å². The van der Waals surface area contributed by atoms with E-state index < -0.39 is 6.10 Å². The van der Waals surface area contributed by atoms with Crippen LogP contribution in [0.15, 0.2) is 60.8 Å². The second-order valence-electron chi connectivity index (χ2n) is 5.56. The number of aromatic nitrogens is 1. The van der Waals surface area contributed by atoms with Gasteiger partial charge in [-0.3, -0.25) is 0 Å². The molecule has 0 aliphatic carbocycles. The number of hydrogen-bond donors (Lipinski definition) is 2. The zero-order valence-corrected chi connectivity index (χ0v) is 14.5. The Labute approximate surface area is 156 Å². The van der Waals surface area contributed by atoms with Crippen LogP contribution in [0.3, 0.4) is 0 Å². The predicted molar refractivity (Wildman–Crippen MR) is 110 cm³/mol. The highest BCUT2D eigenvalue weighted by Crippen LogP contribution is 2.29. The lowest BCUT2D eigenvalue weighted by atomic mass is 10.00. The fourth-order valence-corrected chi connectivity index (χ4v) is 3.01. The van der Waals surface area contributed by atoms with E-state index in [0.717, 1.165) is 16.5 Å². The standard InChI is InChI=1S/C19H19N3O.CH4.H2S/c1-20-13-18(23)19(15-7-5-8-16(12-15)21-2)22-11-10-14-6-3-4-9-17(14)22;;/h3-12,18-20,23H,13H2,1H3;1H4;1H2/t18-,19+;;/m1../s1. The van der Waals surface area contributed by atoms with Crippen molar-refractivity contribution in [2.24, 2.45) is 0 Å². The Morgan fingerprint density at radius 2 is 1.92 bits per heavy atom. The first-order valence-electron chi connectivity index (χ1n) is 7.60. The fourth-order valence-electron chi connectivity index (χ4n) is 3.01. The lowest BCUT2D eigenvalue weighted by Crippen LogP contribution is -2.33. The number of benzene rings is 2. The molecule has 0 radical (unpaired) electrons. The third-order valence-electron chi connectivity index (χ3n) is 4.05. The van der Waals surface area contributed by atoms with Gasteiger partial charge in [0.1, 0.15) is 0 Å². The molecule has 2 atom stereocenters. The van der Waals surface area contributed by atoms with Crippen molar-refractivity contribution in [2.75, 3.05) is 13.6 Å². The summed E-state index contributed by atoms with van der Waals surface area (Å²) < 4.78 is 2.08. The molecule has 0 fully saturated rings. The smallest absolute Gasteiger partial charge is 0.187 e. The molecule has 0 bridgehead atoms. The van der Waals surface area contributed by atoms with Gasteiger partial charge in [0.05, 0.1) is 18.7 Å². The molecule has 3 aromatic rings. The van der Waals surface area contributed by atoms with Crippen molar-refractivity contribution in [3.05, 3.63) is 77.8 Å². The molecule has 2 aromatic carbocycles. The number of hydrogen-bond acceptors (Lipinski definition) is 2. The summed E-state index contributed by atoms with van der Waals surface area (Å²) in [6.07, 6.45) is 1.40. The van der Waals surface area contributed by atoms with Gasteiger partial charge in [-0.05, 0) is 30.1 Å². The average Bonchev–Trinajstić information content (AvgIpc) is 3.00. The Kier molecular flexibility index (Phi) is 7.72. The summed E-state index contributed by atoms with van der Waals surface area (Å²) in [6.45, 7) is 7.69. The minimum atomic E-state index is -0.600. The largest absolute Gasteiger partial charge is 0.389 e. The fraction of sp³-hybridized carbons (Fsp3) is 0.250. The van der Waals surface area contributed by atoms with E-state index in [4.69, 9.17) is 6.57 Å². The Balaban J connectivity index is 0.00000156. The topological polar surface area (TPSA) is 41.5 Å². The highest BCUT2D eigenvalue weighted by molar-refractivity contribution is 7.59. The lowest BCUT2D eigenvalue weighted by molar-refractivity contribution is 0.132. The first kappa shape index (κ1) is 20.8. The van der Waals surface area contributed by atoms with Crippen LogP contribution in [0.25, 0.3) is 15.7 Å². The van der Waals surface area contributed by atoms with E-state index in [1.54, 1.807) is 6.07 Å². The molecule has 132 valence electrons. The van der Waals surface area contributed by atoms with Gasteiger partial charge in [0.25, 0.3) is 0 Å². The van der Waals surface area contributed by atoms with Crippen molar-refractivity contribution in [3.8, 4) is 0 Å². The van der Waals surface area contributed by atoms with Crippen LogP contribution in [0.1, 0.15) is 19.0 Å². The number of likely N-dealkylation sites (N-methyl/N-ethyl adjacent to an activating group) is 1. The van der Waals surface area contributed by atoms with Gasteiger partial charge in [-0.2, -0.15) is 13.5 Å². The first-order valence-corrected chi connectivity index (χ1v) is 7.60. The van der Waals surface area contributed by atoms with Crippen LogP contribution in [-0.4, -0.2) is 29.4 Å². The second-order valence-corrected chi connectivity index (χ2v) is 5.56. The molecule has 3 rings (SSSR count). The molecule has 2 N–H and O–H groups in total. The predicted octanol–water partition coefficient (Wildman–Crippen LogP) is 4.11. The van der Waals surface area contributed by atoms with Crippen molar-refractivity contribution in [1.82, 2.24) is 9.88 Å². The van der Waals surface area contributed by atoms with Crippen LogP contribution in [-0.2, 0) is 0 Å². The minimum absolute atomic E-state index is 0. The maximum Gasteiger partial charge on any atom is 0.187 e.